The van der Waals surface area contributed by atoms with Gasteiger partial charge in [0.2, 0.25) is 0 Å². The quantitative estimate of drug-likeness (QED) is 0.405. The predicted octanol–water partition coefficient (Wildman–Crippen LogP) is 3.67. The number of benzene rings is 1. The highest BCUT2D eigenvalue weighted by Crippen LogP contribution is 2.38. The van der Waals surface area contributed by atoms with Crippen molar-refractivity contribution in [1.82, 2.24) is 9.55 Å². The minimum Gasteiger partial charge on any atom is -0.365 e. The van der Waals surface area contributed by atoms with Crippen molar-refractivity contribution in [1.29, 1.82) is 0 Å². The van der Waals surface area contributed by atoms with E-state index in [9.17, 15) is 0 Å². The van der Waals surface area contributed by atoms with E-state index in [-0.39, 0.29) is 18.4 Å². The van der Waals surface area contributed by atoms with Crippen LogP contribution in [0.2, 0.25) is 0 Å². The van der Waals surface area contributed by atoms with Gasteiger partial charge in [-0.2, -0.15) is 0 Å². The van der Waals surface area contributed by atoms with Crippen LogP contribution >= 0.6 is 31.9 Å². The van der Waals surface area contributed by atoms with Gasteiger partial charge in [0, 0.05) is 13.9 Å². The molecule has 1 aromatic carbocycles. The normalized spacial score (nSPS) is 27.2. The molecule has 1 aromatic heterocycles. The fourth-order valence-electron chi connectivity index (χ4n) is 2.85. The van der Waals surface area contributed by atoms with Gasteiger partial charge < -0.3 is 9.47 Å². The lowest BCUT2D eigenvalue weighted by Gasteiger charge is -2.28. The highest BCUT2D eigenvalue weighted by molar-refractivity contribution is 9.13. The average Bonchev–Trinajstić information content (AvgIpc) is 3.01. The molecule has 0 bridgehead atoms. The van der Waals surface area contributed by atoms with E-state index in [1.807, 2.05) is 16.7 Å². The van der Waals surface area contributed by atoms with Crippen molar-refractivity contribution in [2.24, 2.45) is 5.11 Å². The molecular weight excluding hydrogens is 406 g/mol. The lowest BCUT2D eigenvalue weighted by molar-refractivity contribution is -0.0819. The summed E-state index contributed by atoms with van der Waals surface area (Å²) >= 11 is 6.99. The number of halogens is 2. The van der Waals surface area contributed by atoms with E-state index in [4.69, 9.17) is 15.0 Å². The molecule has 1 fully saturated rings. The van der Waals surface area contributed by atoms with Crippen molar-refractivity contribution in [3.8, 4) is 0 Å². The Hall–Kier alpha value is -1.12. The summed E-state index contributed by atoms with van der Waals surface area (Å²) in [5, 5.41) is 3.76. The van der Waals surface area contributed by atoms with Gasteiger partial charge in [0.25, 0.3) is 0 Å². The molecule has 0 spiro atoms. The second-order valence-corrected chi connectivity index (χ2v) is 6.63. The van der Waals surface area contributed by atoms with E-state index in [1.165, 1.54) is 0 Å². The average molecular weight is 415 g/mol. The van der Waals surface area contributed by atoms with Crippen molar-refractivity contribution >= 4 is 42.9 Å². The van der Waals surface area contributed by atoms with E-state index >= 15 is 0 Å². The molecule has 3 heterocycles. The first-order valence-electron chi connectivity index (χ1n) is 6.32. The van der Waals surface area contributed by atoms with Crippen LogP contribution in [-0.4, -0.2) is 28.3 Å². The van der Waals surface area contributed by atoms with Crippen LogP contribution in [0.25, 0.3) is 21.5 Å². The lowest BCUT2D eigenvalue weighted by Crippen LogP contribution is -2.35. The third-order valence-electron chi connectivity index (χ3n) is 3.76. The number of aromatic nitrogens is 2. The van der Waals surface area contributed by atoms with Crippen LogP contribution in [0.15, 0.2) is 26.2 Å². The van der Waals surface area contributed by atoms with Crippen LogP contribution in [-0.2, 0) is 16.1 Å². The monoisotopic (exact) mass is 413 g/mol. The standard InChI is InChI=1S/C12H9Br2N5O2/c13-5-1-7-9(2-6(5)14)19-10(16-7)4-20-11-8(17-18-15)3-21-12(11)19/h1-2,8,11-12H,3-4H2/t8?,11-,12+/m1/s1. The number of hydrogen-bond donors (Lipinski definition) is 0. The second kappa shape index (κ2) is 4.96. The van der Waals surface area contributed by atoms with Gasteiger partial charge in [0.15, 0.2) is 6.23 Å². The van der Waals surface area contributed by atoms with Gasteiger partial charge in [-0.25, -0.2) is 4.98 Å². The summed E-state index contributed by atoms with van der Waals surface area (Å²) in [5.74, 6) is 0.817. The van der Waals surface area contributed by atoms with Crippen LogP contribution in [0.4, 0.5) is 0 Å². The van der Waals surface area contributed by atoms with Crippen LogP contribution in [0.1, 0.15) is 12.1 Å². The fourth-order valence-corrected chi connectivity index (χ4v) is 3.52. The molecule has 0 saturated carbocycles. The summed E-state index contributed by atoms with van der Waals surface area (Å²) < 4.78 is 15.5. The Morgan fingerprint density at radius 1 is 1.33 bits per heavy atom. The number of azide groups is 1. The van der Waals surface area contributed by atoms with E-state index in [0.29, 0.717) is 13.2 Å². The van der Waals surface area contributed by atoms with Crippen molar-refractivity contribution in [2.75, 3.05) is 6.61 Å². The van der Waals surface area contributed by atoms with Crippen LogP contribution < -0.4 is 0 Å². The minimum atomic E-state index is -0.303. The second-order valence-electron chi connectivity index (χ2n) is 4.92. The molecular formula is C12H9Br2N5O2. The first-order chi connectivity index (χ1) is 10.2. The summed E-state index contributed by atoms with van der Waals surface area (Å²) in [6.45, 7) is 0.738. The smallest absolute Gasteiger partial charge is 0.162 e. The van der Waals surface area contributed by atoms with E-state index in [2.05, 4.69) is 46.9 Å². The highest BCUT2D eigenvalue weighted by atomic mass is 79.9. The summed E-state index contributed by atoms with van der Waals surface area (Å²) in [6, 6.07) is 3.66. The van der Waals surface area contributed by atoms with Gasteiger partial charge in [0.05, 0.1) is 23.7 Å². The number of hydrogen-bond acceptors (Lipinski definition) is 4. The maximum Gasteiger partial charge on any atom is 0.162 e. The molecule has 1 unspecified atom stereocenters. The summed E-state index contributed by atoms with van der Waals surface area (Å²) in [5.41, 5.74) is 10.5. The Morgan fingerprint density at radius 3 is 2.95 bits per heavy atom. The van der Waals surface area contributed by atoms with E-state index in [0.717, 1.165) is 25.8 Å². The van der Waals surface area contributed by atoms with Crippen LogP contribution in [0.5, 0.6) is 0 Å². The Morgan fingerprint density at radius 2 is 2.14 bits per heavy atom. The number of fused-ring (bicyclic) bond motifs is 5. The SMILES string of the molecule is [N-]=[N+]=NC1CO[C@H]2[C@@H]1OCc1nc3cc(Br)c(Br)cc3n12. The van der Waals surface area contributed by atoms with Crippen molar-refractivity contribution in [2.45, 2.75) is 25.0 Å². The minimum absolute atomic E-state index is 0.270. The third kappa shape index (κ3) is 2.00. The van der Waals surface area contributed by atoms with Gasteiger partial charge in [-0.05, 0) is 49.5 Å². The van der Waals surface area contributed by atoms with Crippen molar-refractivity contribution in [3.05, 3.63) is 37.3 Å². The van der Waals surface area contributed by atoms with E-state index < -0.39 is 0 Å². The van der Waals surface area contributed by atoms with Crippen LogP contribution in [0.3, 0.4) is 0 Å². The number of ether oxygens (including phenoxy) is 2. The Labute approximate surface area is 136 Å². The molecule has 0 radical (unpaired) electrons. The molecule has 3 atom stereocenters. The maximum absolute atomic E-state index is 8.63. The highest BCUT2D eigenvalue weighted by Gasteiger charge is 2.43. The Bertz CT molecular complexity index is 786. The third-order valence-corrected chi connectivity index (χ3v) is 5.61. The van der Waals surface area contributed by atoms with Gasteiger partial charge in [-0.15, -0.1) is 0 Å². The van der Waals surface area contributed by atoms with Gasteiger partial charge in [-0.1, -0.05) is 5.11 Å². The predicted molar refractivity (Wildman–Crippen MR) is 81.6 cm³/mol. The number of rotatable bonds is 1. The fraction of sp³-hybridized carbons (Fsp3) is 0.417. The molecule has 108 valence electrons. The molecule has 0 amide bonds. The molecule has 2 aliphatic rings. The maximum atomic E-state index is 8.63. The summed E-state index contributed by atoms with van der Waals surface area (Å²) in [6.07, 6.45) is -0.574. The molecule has 2 aliphatic heterocycles. The Kier molecular flexibility index (Phi) is 3.20. The van der Waals surface area contributed by atoms with Crippen LogP contribution in [0, 0.1) is 0 Å². The van der Waals surface area contributed by atoms with Gasteiger partial charge in [0.1, 0.15) is 18.5 Å². The van der Waals surface area contributed by atoms with Crippen molar-refractivity contribution in [3.63, 3.8) is 0 Å². The molecule has 9 heteroatoms. The zero-order valence-corrected chi connectivity index (χ0v) is 13.8. The molecule has 2 aromatic rings. The molecule has 7 nitrogen and oxygen atoms in total. The van der Waals surface area contributed by atoms with E-state index in [1.54, 1.807) is 0 Å². The number of nitrogens with zero attached hydrogens (tertiary/aromatic N) is 5. The zero-order valence-electron chi connectivity index (χ0n) is 10.6. The molecule has 0 aliphatic carbocycles. The first-order valence-corrected chi connectivity index (χ1v) is 7.91. The van der Waals surface area contributed by atoms with Gasteiger partial charge >= 0.3 is 0 Å². The molecule has 0 N–H and O–H groups in total. The first kappa shape index (κ1) is 13.5. The Balaban J connectivity index is 1.87. The molecule has 1 saturated heterocycles. The van der Waals surface area contributed by atoms with Gasteiger partial charge in [-0.3, -0.25) is 4.57 Å². The summed E-state index contributed by atoms with van der Waals surface area (Å²) in [4.78, 5) is 7.46. The topological polar surface area (TPSA) is 85.0 Å². The molecule has 4 rings (SSSR count). The number of imidazole rings is 1. The largest absolute Gasteiger partial charge is 0.365 e. The van der Waals surface area contributed by atoms with Crippen molar-refractivity contribution < 1.29 is 9.47 Å². The lowest BCUT2D eigenvalue weighted by atomic mass is 10.1. The summed E-state index contributed by atoms with van der Waals surface area (Å²) in [7, 11) is 0. The zero-order chi connectivity index (χ0) is 14.6. The molecule has 21 heavy (non-hydrogen) atoms.